The highest BCUT2D eigenvalue weighted by molar-refractivity contribution is 5.87. The number of hydrogen-bond acceptors (Lipinski definition) is 4. The minimum absolute atomic E-state index is 0.364. The SMILES string of the molecule is COC(=O)c1cc(CNc2cc(CC3CC3)nn2-c2ccccc2)c[nH]1. The predicted octanol–water partition coefficient (Wildman–Crippen LogP) is 3.55. The second-order valence-electron chi connectivity index (χ2n) is 6.68. The van der Waals surface area contributed by atoms with E-state index in [0.29, 0.717) is 12.2 Å². The average Bonchev–Trinajstić information content (AvgIpc) is 3.20. The fraction of sp³-hybridized carbons (Fsp3) is 0.300. The molecule has 3 aromatic rings. The van der Waals surface area contributed by atoms with Gasteiger partial charge in [0.2, 0.25) is 0 Å². The number of methoxy groups -OCH3 is 1. The average molecular weight is 350 g/mol. The summed E-state index contributed by atoms with van der Waals surface area (Å²) in [5.41, 5.74) is 3.58. The Kier molecular flexibility index (Phi) is 4.48. The molecule has 0 saturated heterocycles. The van der Waals surface area contributed by atoms with Crippen LogP contribution in [0.1, 0.15) is 34.6 Å². The van der Waals surface area contributed by atoms with Crippen molar-refractivity contribution in [3.8, 4) is 5.69 Å². The second kappa shape index (κ2) is 7.07. The first-order valence-corrected chi connectivity index (χ1v) is 8.87. The molecule has 1 fully saturated rings. The van der Waals surface area contributed by atoms with Gasteiger partial charge < -0.3 is 15.0 Å². The van der Waals surface area contributed by atoms with E-state index >= 15 is 0 Å². The lowest BCUT2D eigenvalue weighted by atomic mass is 10.2. The molecule has 0 atom stereocenters. The predicted molar refractivity (Wildman–Crippen MR) is 99.5 cm³/mol. The number of carbonyl (C=O) groups is 1. The smallest absolute Gasteiger partial charge is 0.354 e. The van der Waals surface area contributed by atoms with Crippen LogP contribution in [0.15, 0.2) is 48.7 Å². The number of aromatic nitrogens is 3. The summed E-state index contributed by atoms with van der Waals surface area (Å²) in [6.07, 6.45) is 5.46. The lowest BCUT2D eigenvalue weighted by Gasteiger charge is -2.09. The molecule has 1 aliphatic carbocycles. The van der Waals surface area contributed by atoms with Crippen LogP contribution >= 0.6 is 0 Å². The van der Waals surface area contributed by atoms with Gasteiger partial charge in [0.05, 0.1) is 18.5 Å². The number of carbonyl (C=O) groups excluding carboxylic acids is 1. The molecule has 2 aromatic heterocycles. The number of benzene rings is 1. The molecule has 134 valence electrons. The minimum atomic E-state index is -0.364. The zero-order valence-corrected chi connectivity index (χ0v) is 14.7. The van der Waals surface area contributed by atoms with Crippen molar-refractivity contribution in [3.05, 3.63) is 65.6 Å². The van der Waals surface area contributed by atoms with Crippen LogP contribution in [-0.4, -0.2) is 27.8 Å². The highest BCUT2D eigenvalue weighted by Crippen LogP contribution is 2.33. The Hall–Kier alpha value is -3.02. The van der Waals surface area contributed by atoms with Gasteiger partial charge in [0.25, 0.3) is 0 Å². The number of H-pyrrole nitrogens is 1. The van der Waals surface area contributed by atoms with Crippen LogP contribution in [0.3, 0.4) is 0 Å². The summed E-state index contributed by atoms with van der Waals surface area (Å²) in [7, 11) is 1.38. The summed E-state index contributed by atoms with van der Waals surface area (Å²) >= 11 is 0. The topological polar surface area (TPSA) is 71.9 Å². The van der Waals surface area contributed by atoms with Gasteiger partial charge in [-0.05, 0) is 48.9 Å². The van der Waals surface area contributed by atoms with Crippen LogP contribution in [0.5, 0.6) is 0 Å². The Labute approximate surface area is 152 Å². The summed E-state index contributed by atoms with van der Waals surface area (Å²) in [5.74, 6) is 1.37. The van der Waals surface area contributed by atoms with Crippen LogP contribution < -0.4 is 5.32 Å². The van der Waals surface area contributed by atoms with Crippen molar-refractivity contribution in [1.29, 1.82) is 0 Å². The van der Waals surface area contributed by atoms with Gasteiger partial charge in [-0.25, -0.2) is 9.48 Å². The van der Waals surface area contributed by atoms with E-state index in [2.05, 4.69) is 16.4 Å². The minimum Gasteiger partial charge on any atom is -0.464 e. The summed E-state index contributed by atoms with van der Waals surface area (Å²) in [4.78, 5) is 14.5. The Morgan fingerprint density at radius 1 is 1.31 bits per heavy atom. The molecule has 0 unspecified atom stereocenters. The number of esters is 1. The number of hydrogen-bond donors (Lipinski definition) is 2. The maximum absolute atomic E-state index is 11.6. The molecule has 0 aliphatic heterocycles. The number of anilines is 1. The van der Waals surface area contributed by atoms with Crippen molar-refractivity contribution >= 4 is 11.8 Å². The van der Waals surface area contributed by atoms with Crippen molar-refractivity contribution in [2.24, 2.45) is 5.92 Å². The molecule has 1 saturated carbocycles. The molecule has 0 bridgehead atoms. The summed E-state index contributed by atoms with van der Waals surface area (Å²) in [6, 6.07) is 14.0. The fourth-order valence-electron chi connectivity index (χ4n) is 3.00. The maximum atomic E-state index is 11.6. The van der Waals surface area contributed by atoms with Crippen molar-refractivity contribution in [1.82, 2.24) is 14.8 Å². The molecular formula is C20H22N4O2. The fourth-order valence-corrected chi connectivity index (χ4v) is 3.00. The van der Waals surface area contributed by atoms with Gasteiger partial charge in [-0.2, -0.15) is 5.10 Å². The van der Waals surface area contributed by atoms with Crippen molar-refractivity contribution in [2.75, 3.05) is 12.4 Å². The quantitative estimate of drug-likeness (QED) is 0.639. The first-order valence-electron chi connectivity index (χ1n) is 8.87. The normalized spacial score (nSPS) is 13.6. The van der Waals surface area contributed by atoms with Crippen LogP contribution in [0.2, 0.25) is 0 Å². The second-order valence-corrected chi connectivity index (χ2v) is 6.68. The van der Waals surface area contributed by atoms with Gasteiger partial charge in [-0.3, -0.25) is 0 Å². The zero-order valence-electron chi connectivity index (χ0n) is 14.7. The van der Waals surface area contributed by atoms with E-state index in [1.54, 1.807) is 6.07 Å². The van der Waals surface area contributed by atoms with Crippen LogP contribution in [0.4, 0.5) is 5.82 Å². The number of rotatable bonds is 7. The third-order valence-electron chi connectivity index (χ3n) is 4.58. The molecular weight excluding hydrogens is 328 g/mol. The Morgan fingerprint density at radius 3 is 2.85 bits per heavy atom. The number of ether oxygens (including phenoxy) is 1. The third-order valence-corrected chi connectivity index (χ3v) is 4.58. The highest BCUT2D eigenvalue weighted by atomic mass is 16.5. The maximum Gasteiger partial charge on any atom is 0.354 e. The molecule has 2 heterocycles. The lowest BCUT2D eigenvalue weighted by Crippen LogP contribution is -2.06. The Bertz CT molecular complexity index is 894. The molecule has 6 heteroatoms. The van der Waals surface area contributed by atoms with Gasteiger partial charge in [0.1, 0.15) is 11.5 Å². The van der Waals surface area contributed by atoms with Gasteiger partial charge in [-0.15, -0.1) is 0 Å². The lowest BCUT2D eigenvalue weighted by molar-refractivity contribution is 0.0595. The molecule has 0 spiro atoms. The van der Waals surface area contributed by atoms with Gasteiger partial charge in [-0.1, -0.05) is 18.2 Å². The van der Waals surface area contributed by atoms with E-state index in [9.17, 15) is 4.79 Å². The molecule has 2 N–H and O–H groups in total. The monoisotopic (exact) mass is 350 g/mol. The van der Waals surface area contributed by atoms with E-state index in [4.69, 9.17) is 9.84 Å². The van der Waals surface area contributed by atoms with Crippen LogP contribution in [0.25, 0.3) is 5.69 Å². The molecule has 26 heavy (non-hydrogen) atoms. The molecule has 6 nitrogen and oxygen atoms in total. The highest BCUT2D eigenvalue weighted by Gasteiger charge is 2.23. The first kappa shape index (κ1) is 16.4. The van der Waals surface area contributed by atoms with E-state index in [1.807, 2.05) is 41.2 Å². The van der Waals surface area contributed by atoms with Gasteiger partial charge in [0.15, 0.2) is 0 Å². The van der Waals surface area contributed by atoms with Gasteiger partial charge in [0, 0.05) is 18.8 Å². The molecule has 0 radical (unpaired) electrons. The molecule has 1 aromatic carbocycles. The van der Waals surface area contributed by atoms with Crippen molar-refractivity contribution < 1.29 is 9.53 Å². The van der Waals surface area contributed by atoms with Crippen molar-refractivity contribution in [3.63, 3.8) is 0 Å². The standard InChI is InChI=1S/C20H22N4O2/c1-26-20(25)18-10-15(12-21-18)13-22-19-11-16(9-14-7-8-14)23-24(19)17-5-3-2-4-6-17/h2-6,10-12,14,21-22H,7-9,13H2,1H3. The van der Waals surface area contributed by atoms with E-state index in [1.165, 1.54) is 20.0 Å². The van der Waals surface area contributed by atoms with Crippen LogP contribution in [-0.2, 0) is 17.7 Å². The first-order chi connectivity index (χ1) is 12.7. The van der Waals surface area contributed by atoms with Gasteiger partial charge >= 0.3 is 5.97 Å². The molecule has 4 rings (SSSR count). The summed E-state index contributed by atoms with van der Waals surface area (Å²) in [6.45, 7) is 0.592. The number of nitrogens with zero attached hydrogens (tertiary/aromatic N) is 2. The largest absolute Gasteiger partial charge is 0.464 e. The number of aromatic amines is 1. The van der Waals surface area contributed by atoms with E-state index < -0.39 is 0 Å². The molecule has 0 amide bonds. The molecule has 1 aliphatic rings. The Balaban J connectivity index is 1.53. The Morgan fingerprint density at radius 2 is 2.12 bits per heavy atom. The zero-order chi connectivity index (χ0) is 17.9. The number of para-hydroxylation sites is 1. The summed E-state index contributed by atoms with van der Waals surface area (Å²) < 4.78 is 6.68. The van der Waals surface area contributed by atoms with Crippen LogP contribution in [0, 0.1) is 5.92 Å². The van der Waals surface area contributed by atoms with E-state index in [0.717, 1.165) is 35.1 Å². The van der Waals surface area contributed by atoms with Crippen molar-refractivity contribution in [2.45, 2.75) is 25.8 Å². The number of nitrogens with one attached hydrogen (secondary N) is 2. The van der Waals surface area contributed by atoms with E-state index in [-0.39, 0.29) is 5.97 Å². The summed E-state index contributed by atoms with van der Waals surface area (Å²) in [5, 5.41) is 8.23. The third kappa shape index (κ3) is 3.64.